The Kier molecular flexibility index (Phi) is 4.46. The van der Waals surface area contributed by atoms with Crippen LogP contribution in [0, 0.1) is 0 Å². The zero-order valence-electron chi connectivity index (χ0n) is 11.5. The molecule has 19 heavy (non-hydrogen) atoms. The second-order valence-corrected chi connectivity index (χ2v) is 7.54. The summed E-state index contributed by atoms with van der Waals surface area (Å²) in [5.41, 5.74) is -2.46. The molecule has 0 unspecified atom stereocenters. The number of nitrogens with zero attached hydrogens (tertiary/aromatic N) is 1. The highest BCUT2D eigenvalue weighted by Crippen LogP contribution is 2.28. The van der Waals surface area contributed by atoms with Gasteiger partial charge in [0, 0.05) is 25.9 Å². The molecule has 6 nitrogen and oxygen atoms in total. The maximum absolute atomic E-state index is 14.2. The van der Waals surface area contributed by atoms with E-state index >= 15 is 0 Å². The van der Waals surface area contributed by atoms with Gasteiger partial charge in [-0.2, -0.15) is 0 Å². The molecule has 1 aliphatic heterocycles. The molecule has 8 heteroatoms. The van der Waals surface area contributed by atoms with Crippen molar-refractivity contribution in [3.8, 4) is 0 Å². The lowest BCUT2D eigenvalue weighted by atomic mass is 9.96. The van der Waals surface area contributed by atoms with E-state index in [0.29, 0.717) is 0 Å². The Hall–Kier alpha value is -0.890. The first-order valence-electron chi connectivity index (χ1n) is 6.08. The van der Waals surface area contributed by atoms with E-state index < -0.39 is 33.1 Å². The van der Waals surface area contributed by atoms with Crippen LogP contribution in [0.2, 0.25) is 0 Å². The number of hydrogen-bond donors (Lipinski definition) is 1. The largest absolute Gasteiger partial charge is 0.444 e. The van der Waals surface area contributed by atoms with E-state index in [4.69, 9.17) is 9.88 Å². The van der Waals surface area contributed by atoms with Crippen molar-refractivity contribution in [2.45, 2.75) is 44.9 Å². The van der Waals surface area contributed by atoms with E-state index in [1.807, 2.05) is 0 Å². The number of carbonyl (C=O) groups excluding carboxylic acids is 1. The summed E-state index contributed by atoms with van der Waals surface area (Å²) in [6.07, 6.45) is -0.615. The first kappa shape index (κ1) is 16.2. The lowest BCUT2D eigenvalue weighted by Crippen LogP contribution is -2.49. The van der Waals surface area contributed by atoms with E-state index in [9.17, 15) is 17.6 Å². The molecule has 1 rings (SSSR count). The van der Waals surface area contributed by atoms with Gasteiger partial charge in [0.05, 0.1) is 5.75 Å². The number of piperidine rings is 1. The van der Waals surface area contributed by atoms with Gasteiger partial charge in [-0.1, -0.05) is 0 Å². The number of likely N-dealkylation sites (tertiary alicyclic amines) is 1. The Morgan fingerprint density at radius 2 is 1.84 bits per heavy atom. The molecule has 0 radical (unpaired) electrons. The predicted molar refractivity (Wildman–Crippen MR) is 68.9 cm³/mol. The summed E-state index contributed by atoms with van der Waals surface area (Å²) in [5.74, 6) is -0.706. The minimum Gasteiger partial charge on any atom is -0.444 e. The van der Waals surface area contributed by atoms with Crippen molar-refractivity contribution in [1.82, 2.24) is 4.90 Å². The summed E-state index contributed by atoms with van der Waals surface area (Å²) in [6, 6.07) is 0. The van der Waals surface area contributed by atoms with Crippen LogP contribution in [-0.4, -0.2) is 49.5 Å². The van der Waals surface area contributed by atoms with Gasteiger partial charge in [-0.3, -0.25) is 0 Å². The van der Waals surface area contributed by atoms with Gasteiger partial charge in [0.15, 0.2) is 0 Å². The van der Waals surface area contributed by atoms with Crippen LogP contribution in [0.5, 0.6) is 0 Å². The second-order valence-electron chi connectivity index (χ2n) is 5.93. The Bertz CT molecular complexity index is 436. The van der Waals surface area contributed by atoms with E-state index in [1.165, 1.54) is 4.90 Å². The number of primary sulfonamides is 1. The molecule has 0 saturated carbocycles. The van der Waals surface area contributed by atoms with Crippen LogP contribution in [0.1, 0.15) is 33.6 Å². The van der Waals surface area contributed by atoms with Crippen molar-refractivity contribution >= 4 is 16.1 Å². The van der Waals surface area contributed by atoms with E-state index in [0.717, 1.165) is 0 Å². The molecule has 1 amide bonds. The summed E-state index contributed by atoms with van der Waals surface area (Å²) >= 11 is 0. The summed E-state index contributed by atoms with van der Waals surface area (Å²) in [5, 5.41) is 4.86. The van der Waals surface area contributed by atoms with Crippen LogP contribution >= 0.6 is 0 Å². The molecular weight excluding hydrogens is 275 g/mol. The third-order valence-electron chi connectivity index (χ3n) is 2.77. The van der Waals surface area contributed by atoms with Crippen LogP contribution in [0.3, 0.4) is 0 Å². The molecule has 0 aromatic heterocycles. The average molecular weight is 296 g/mol. The minimum atomic E-state index is -3.86. The minimum absolute atomic E-state index is 0.0529. The highest BCUT2D eigenvalue weighted by molar-refractivity contribution is 7.89. The molecule has 1 fully saturated rings. The Balaban J connectivity index is 2.55. The number of rotatable bonds is 2. The average Bonchev–Trinajstić information content (AvgIpc) is 2.11. The van der Waals surface area contributed by atoms with Crippen LogP contribution in [0.25, 0.3) is 0 Å². The first-order valence-corrected chi connectivity index (χ1v) is 7.79. The molecule has 0 aromatic carbocycles. The maximum atomic E-state index is 14.2. The number of ether oxygens (including phenoxy) is 1. The van der Waals surface area contributed by atoms with Crippen molar-refractivity contribution in [3.05, 3.63) is 0 Å². The van der Waals surface area contributed by atoms with Gasteiger partial charge in [0.1, 0.15) is 11.3 Å². The number of alkyl halides is 1. The van der Waals surface area contributed by atoms with Crippen LogP contribution in [-0.2, 0) is 14.8 Å². The molecule has 112 valence electrons. The number of nitrogens with two attached hydrogens (primary N) is 1. The van der Waals surface area contributed by atoms with Crippen molar-refractivity contribution < 1.29 is 22.3 Å². The van der Waals surface area contributed by atoms with Crippen LogP contribution in [0.4, 0.5) is 9.18 Å². The topological polar surface area (TPSA) is 89.7 Å². The summed E-state index contributed by atoms with van der Waals surface area (Å²) in [4.78, 5) is 13.1. The summed E-state index contributed by atoms with van der Waals surface area (Å²) in [6.45, 7) is 5.49. The monoisotopic (exact) mass is 296 g/mol. The third-order valence-corrected chi connectivity index (χ3v) is 3.69. The lowest BCUT2D eigenvalue weighted by molar-refractivity contribution is 0.00734. The van der Waals surface area contributed by atoms with Gasteiger partial charge in [0.25, 0.3) is 0 Å². The van der Waals surface area contributed by atoms with Gasteiger partial charge >= 0.3 is 6.09 Å². The molecule has 1 aliphatic rings. The van der Waals surface area contributed by atoms with E-state index in [2.05, 4.69) is 0 Å². The van der Waals surface area contributed by atoms with Crippen LogP contribution < -0.4 is 5.14 Å². The number of halogens is 1. The Labute approximate surface area is 113 Å². The molecule has 0 spiro atoms. The smallest absolute Gasteiger partial charge is 0.410 e. The molecule has 0 aliphatic carbocycles. The zero-order chi connectivity index (χ0) is 14.9. The zero-order valence-corrected chi connectivity index (χ0v) is 12.3. The Morgan fingerprint density at radius 3 is 2.21 bits per heavy atom. The van der Waals surface area contributed by atoms with Crippen molar-refractivity contribution in [2.75, 3.05) is 18.8 Å². The number of sulfonamides is 1. The first-order chi connectivity index (χ1) is 8.40. The van der Waals surface area contributed by atoms with E-state index in [1.54, 1.807) is 20.8 Å². The van der Waals surface area contributed by atoms with Crippen molar-refractivity contribution in [1.29, 1.82) is 0 Å². The van der Waals surface area contributed by atoms with Gasteiger partial charge in [-0.25, -0.2) is 22.7 Å². The van der Waals surface area contributed by atoms with Crippen molar-refractivity contribution in [3.63, 3.8) is 0 Å². The lowest BCUT2D eigenvalue weighted by Gasteiger charge is -2.36. The predicted octanol–water partition coefficient (Wildman–Crippen LogP) is 1.01. The van der Waals surface area contributed by atoms with Crippen molar-refractivity contribution in [2.24, 2.45) is 5.14 Å². The van der Waals surface area contributed by atoms with Gasteiger partial charge < -0.3 is 9.64 Å². The fraction of sp³-hybridized carbons (Fsp3) is 0.909. The fourth-order valence-corrected chi connectivity index (χ4v) is 2.93. The molecule has 1 saturated heterocycles. The fourth-order valence-electron chi connectivity index (χ4n) is 1.92. The second kappa shape index (κ2) is 5.24. The standard InChI is InChI=1S/C11H21FN2O4S/c1-10(2,3)18-9(15)14-6-4-11(12,5-7-14)8-19(13,16)17/h4-8H2,1-3H3,(H2,13,16,17). The van der Waals surface area contributed by atoms with Gasteiger partial charge in [0.2, 0.25) is 10.0 Å². The molecule has 1 heterocycles. The molecule has 0 atom stereocenters. The number of carbonyl (C=O) groups is 1. The summed E-state index contributed by atoms with van der Waals surface area (Å²) in [7, 11) is -3.86. The third kappa shape index (κ3) is 5.73. The van der Waals surface area contributed by atoms with Crippen LogP contribution in [0.15, 0.2) is 0 Å². The maximum Gasteiger partial charge on any atom is 0.410 e. The SMILES string of the molecule is CC(C)(C)OC(=O)N1CCC(F)(CS(N)(=O)=O)CC1. The molecular formula is C11H21FN2O4S. The highest BCUT2D eigenvalue weighted by Gasteiger charge is 2.39. The molecule has 0 aromatic rings. The molecule has 0 bridgehead atoms. The van der Waals surface area contributed by atoms with E-state index in [-0.39, 0.29) is 25.9 Å². The normalized spacial score (nSPS) is 20.2. The molecule has 2 N–H and O–H groups in total. The Morgan fingerprint density at radius 1 is 1.37 bits per heavy atom. The van der Waals surface area contributed by atoms with Gasteiger partial charge in [-0.15, -0.1) is 0 Å². The van der Waals surface area contributed by atoms with Gasteiger partial charge in [-0.05, 0) is 20.8 Å². The highest BCUT2D eigenvalue weighted by atomic mass is 32.2. The summed E-state index contributed by atoms with van der Waals surface area (Å²) < 4.78 is 41.3. The quantitative estimate of drug-likeness (QED) is 0.823. The number of amides is 1. The number of hydrogen-bond acceptors (Lipinski definition) is 4.